The standard InChI is InChI=1S/C17H18N4O2/c1-20-14-5-3-2-4-11(14)16-15(20)6-7-21(17(16)23)8-12-13(9-22)19-10-18-12/h2-5,10,22H,6-9H2,1H3,(H,18,19). The van der Waals surface area contributed by atoms with Crippen LogP contribution < -0.4 is 0 Å². The highest BCUT2D eigenvalue weighted by Gasteiger charge is 2.30. The molecule has 1 aliphatic heterocycles. The number of para-hydroxylation sites is 1. The van der Waals surface area contributed by atoms with Gasteiger partial charge in [-0.2, -0.15) is 0 Å². The van der Waals surface area contributed by atoms with Crippen LogP contribution in [-0.4, -0.2) is 37.0 Å². The Kier molecular flexibility index (Phi) is 3.20. The first-order valence-corrected chi connectivity index (χ1v) is 7.68. The van der Waals surface area contributed by atoms with Crippen LogP contribution in [0.4, 0.5) is 0 Å². The molecule has 0 aliphatic carbocycles. The fourth-order valence-corrected chi connectivity index (χ4v) is 3.44. The Morgan fingerprint density at radius 1 is 1.35 bits per heavy atom. The molecule has 0 saturated heterocycles. The summed E-state index contributed by atoms with van der Waals surface area (Å²) in [5.74, 6) is 0.0431. The molecule has 0 saturated carbocycles. The van der Waals surface area contributed by atoms with Crippen molar-refractivity contribution >= 4 is 16.8 Å². The molecule has 23 heavy (non-hydrogen) atoms. The minimum atomic E-state index is -0.125. The molecule has 0 atom stereocenters. The van der Waals surface area contributed by atoms with E-state index in [4.69, 9.17) is 0 Å². The normalized spacial score (nSPS) is 14.5. The molecule has 118 valence electrons. The van der Waals surface area contributed by atoms with Crippen LogP contribution in [0.25, 0.3) is 10.9 Å². The van der Waals surface area contributed by atoms with Gasteiger partial charge in [0, 0.05) is 36.6 Å². The van der Waals surface area contributed by atoms with Crippen molar-refractivity contribution in [2.45, 2.75) is 19.6 Å². The average Bonchev–Trinajstić information content (AvgIpc) is 3.14. The summed E-state index contributed by atoms with van der Waals surface area (Å²) >= 11 is 0. The van der Waals surface area contributed by atoms with Crippen molar-refractivity contribution in [1.82, 2.24) is 19.4 Å². The van der Waals surface area contributed by atoms with E-state index in [1.54, 1.807) is 6.33 Å². The number of nitrogens with zero attached hydrogens (tertiary/aromatic N) is 3. The lowest BCUT2D eigenvalue weighted by molar-refractivity contribution is 0.0724. The maximum absolute atomic E-state index is 13.0. The first kappa shape index (κ1) is 14.0. The fourth-order valence-electron chi connectivity index (χ4n) is 3.44. The Labute approximate surface area is 133 Å². The fraction of sp³-hybridized carbons (Fsp3) is 0.294. The van der Waals surface area contributed by atoms with Crippen LogP contribution in [0, 0.1) is 0 Å². The minimum Gasteiger partial charge on any atom is -0.390 e. The van der Waals surface area contributed by atoms with Crippen molar-refractivity contribution in [2.75, 3.05) is 6.54 Å². The summed E-state index contributed by atoms with van der Waals surface area (Å²) < 4.78 is 2.12. The summed E-state index contributed by atoms with van der Waals surface area (Å²) in [5.41, 5.74) is 4.38. The van der Waals surface area contributed by atoms with E-state index in [1.165, 1.54) is 0 Å². The molecule has 0 radical (unpaired) electrons. The van der Waals surface area contributed by atoms with Crippen LogP contribution >= 0.6 is 0 Å². The molecule has 3 heterocycles. The van der Waals surface area contributed by atoms with Crippen LogP contribution in [-0.2, 0) is 26.6 Å². The second-order valence-corrected chi connectivity index (χ2v) is 5.86. The van der Waals surface area contributed by atoms with E-state index in [2.05, 4.69) is 14.5 Å². The van der Waals surface area contributed by atoms with Crippen molar-refractivity contribution in [3.05, 3.63) is 53.2 Å². The summed E-state index contributed by atoms with van der Waals surface area (Å²) in [6.07, 6.45) is 2.38. The van der Waals surface area contributed by atoms with Gasteiger partial charge in [0.2, 0.25) is 0 Å². The molecular formula is C17H18N4O2. The van der Waals surface area contributed by atoms with Crippen LogP contribution in [0.1, 0.15) is 27.4 Å². The van der Waals surface area contributed by atoms with Gasteiger partial charge in [-0.3, -0.25) is 4.79 Å². The van der Waals surface area contributed by atoms with E-state index >= 15 is 0 Å². The lowest BCUT2D eigenvalue weighted by Crippen LogP contribution is -2.37. The Balaban J connectivity index is 1.73. The summed E-state index contributed by atoms with van der Waals surface area (Å²) in [5, 5.41) is 10.3. The summed E-state index contributed by atoms with van der Waals surface area (Å²) in [7, 11) is 2.02. The van der Waals surface area contributed by atoms with E-state index in [1.807, 2.05) is 36.2 Å². The first-order valence-electron chi connectivity index (χ1n) is 7.68. The highest BCUT2D eigenvalue weighted by atomic mass is 16.3. The molecular weight excluding hydrogens is 292 g/mol. The van der Waals surface area contributed by atoms with Crippen LogP contribution in [0.2, 0.25) is 0 Å². The van der Waals surface area contributed by atoms with Gasteiger partial charge in [0.05, 0.1) is 36.4 Å². The number of fused-ring (bicyclic) bond motifs is 3. The smallest absolute Gasteiger partial charge is 0.256 e. The number of hydrogen-bond acceptors (Lipinski definition) is 3. The number of H-pyrrole nitrogens is 1. The number of aromatic nitrogens is 3. The number of benzene rings is 1. The Hall–Kier alpha value is -2.60. The third kappa shape index (κ3) is 2.06. The van der Waals surface area contributed by atoms with Gasteiger partial charge < -0.3 is 19.6 Å². The van der Waals surface area contributed by atoms with E-state index in [0.717, 1.165) is 34.3 Å². The highest BCUT2D eigenvalue weighted by molar-refractivity contribution is 6.09. The lowest BCUT2D eigenvalue weighted by atomic mass is 10.0. The summed E-state index contributed by atoms with van der Waals surface area (Å²) in [6, 6.07) is 8.01. The van der Waals surface area contributed by atoms with Crippen molar-refractivity contribution in [1.29, 1.82) is 0 Å². The van der Waals surface area contributed by atoms with E-state index < -0.39 is 0 Å². The third-order valence-electron chi connectivity index (χ3n) is 4.65. The third-order valence-corrected chi connectivity index (χ3v) is 4.65. The Morgan fingerprint density at radius 2 is 2.17 bits per heavy atom. The second kappa shape index (κ2) is 5.24. The zero-order valence-electron chi connectivity index (χ0n) is 12.9. The molecule has 1 aliphatic rings. The number of amides is 1. The maximum Gasteiger partial charge on any atom is 0.256 e. The van der Waals surface area contributed by atoms with Crippen molar-refractivity contribution in [3.8, 4) is 0 Å². The Morgan fingerprint density at radius 3 is 3.00 bits per heavy atom. The molecule has 6 nitrogen and oxygen atoms in total. The molecule has 4 rings (SSSR count). The van der Waals surface area contributed by atoms with Gasteiger partial charge in [-0.1, -0.05) is 18.2 Å². The number of rotatable bonds is 3. The van der Waals surface area contributed by atoms with Gasteiger partial charge in [0.25, 0.3) is 5.91 Å². The number of aliphatic hydroxyl groups excluding tert-OH is 1. The Bertz CT molecular complexity index is 893. The number of aromatic amines is 1. The molecule has 1 amide bonds. The van der Waals surface area contributed by atoms with E-state index in [-0.39, 0.29) is 12.5 Å². The molecule has 2 N–H and O–H groups in total. The van der Waals surface area contributed by atoms with Gasteiger partial charge in [-0.05, 0) is 6.07 Å². The molecule has 0 fully saturated rings. The van der Waals surface area contributed by atoms with Crippen LogP contribution in [0.5, 0.6) is 0 Å². The minimum absolute atomic E-state index is 0.0431. The largest absolute Gasteiger partial charge is 0.390 e. The number of hydrogen-bond donors (Lipinski definition) is 2. The SMILES string of the molecule is Cn1c2c(c3ccccc31)C(=O)N(Cc1[nH]cnc1CO)CC2. The topological polar surface area (TPSA) is 74.2 Å². The monoisotopic (exact) mass is 310 g/mol. The zero-order chi connectivity index (χ0) is 16.0. The van der Waals surface area contributed by atoms with Crippen molar-refractivity contribution < 1.29 is 9.90 Å². The average molecular weight is 310 g/mol. The zero-order valence-corrected chi connectivity index (χ0v) is 12.9. The number of imidazole rings is 1. The molecule has 1 aromatic carbocycles. The predicted octanol–water partition coefficient (Wildman–Crippen LogP) is 1.59. The van der Waals surface area contributed by atoms with Gasteiger partial charge in [-0.25, -0.2) is 4.98 Å². The molecule has 2 aromatic heterocycles. The lowest BCUT2D eigenvalue weighted by Gasteiger charge is -2.27. The van der Waals surface area contributed by atoms with Crippen molar-refractivity contribution in [3.63, 3.8) is 0 Å². The molecule has 3 aromatic rings. The van der Waals surface area contributed by atoms with Crippen LogP contribution in [0.15, 0.2) is 30.6 Å². The molecule has 0 bridgehead atoms. The van der Waals surface area contributed by atoms with Gasteiger partial charge >= 0.3 is 0 Å². The molecule has 6 heteroatoms. The number of aliphatic hydroxyl groups is 1. The van der Waals surface area contributed by atoms with Gasteiger partial charge in [0.15, 0.2) is 0 Å². The number of carbonyl (C=O) groups excluding carboxylic acids is 1. The second-order valence-electron chi connectivity index (χ2n) is 5.86. The number of carbonyl (C=O) groups is 1. The quantitative estimate of drug-likeness (QED) is 0.771. The molecule has 0 spiro atoms. The van der Waals surface area contributed by atoms with E-state index in [0.29, 0.717) is 18.8 Å². The number of nitrogens with one attached hydrogen (secondary N) is 1. The first-order chi connectivity index (χ1) is 11.2. The summed E-state index contributed by atoms with van der Waals surface area (Å²) in [4.78, 5) is 21.9. The highest BCUT2D eigenvalue weighted by Crippen LogP contribution is 2.30. The molecule has 0 unspecified atom stereocenters. The van der Waals surface area contributed by atoms with Crippen LogP contribution in [0.3, 0.4) is 0 Å². The van der Waals surface area contributed by atoms with Gasteiger partial charge in [0.1, 0.15) is 0 Å². The maximum atomic E-state index is 13.0. The van der Waals surface area contributed by atoms with E-state index in [9.17, 15) is 9.90 Å². The van der Waals surface area contributed by atoms with Gasteiger partial charge in [-0.15, -0.1) is 0 Å². The number of aryl methyl sites for hydroxylation is 1. The predicted molar refractivity (Wildman–Crippen MR) is 85.9 cm³/mol. The van der Waals surface area contributed by atoms with Crippen molar-refractivity contribution in [2.24, 2.45) is 7.05 Å². The summed E-state index contributed by atoms with van der Waals surface area (Å²) in [6.45, 7) is 0.984.